The van der Waals surface area contributed by atoms with Crippen molar-refractivity contribution in [1.82, 2.24) is 0 Å². The lowest BCUT2D eigenvalue weighted by Gasteiger charge is -2.17. The predicted octanol–water partition coefficient (Wildman–Crippen LogP) is 11.7. The van der Waals surface area contributed by atoms with Crippen LogP contribution in [-0.4, -0.2) is 22.6 Å². The highest BCUT2D eigenvalue weighted by Gasteiger charge is 2.29. The van der Waals surface area contributed by atoms with Crippen LogP contribution in [0.25, 0.3) is 0 Å². The van der Waals surface area contributed by atoms with Crippen LogP contribution in [0, 0.1) is 63.3 Å². The van der Waals surface area contributed by atoms with Crippen LogP contribution in [-0.2, 0) is 4.74 Å². The molecule has 5 aromatic carbocycles. The largest absolute Gasteiger partial charge is 0.427 e. The summed E-state index contributed by atoms with van der Waals surface area (Å²) in [5.74, 6) is 30.4. The van der Waals surface area contributed by atoms with Gasteiger partial charge in [-0.1, -0.05) is 107 Å². The molecule has 0 radical (unpaired) electrons. The van der Waals surface area contributed by atoms with Gasteiger partial charge < -0.3 is 14.2 Å². The molecule has 1 aliphatic rings. The molecule has 0 bridgehead atoms. The van der Waals surface area contributed by atoms with E-state index in [9.17, 15) is 0 Å². The maximum absolute atomic E-state index is 5.94. The van der Waals surface area contributed by atoms with Crippen molar-refractivity contribution >= 4 is 46.1 Å². The second kappa shape index (κ2) is 18.4. The third-order valence-corrected chi connectivity index (χ3v) is 11.0. The first-order valence-corrected chi connectivity index (χ1v) is 21.1. The van der Waals surface area contributed by atoms with E-state index in [0.29, 0.717) is 29.2 Å². The van der Waals surface area contributed by atoms with Gasteiger partial charge in [-0.3, -0.25) is 0 Å². The van der Waals surface area contributed by atoms with E-state index in [-0.39, 0.29) is 9.49 Å². The van der Waals surface area contributed by atoms with Crippen molar-refractivity contribution in [3.63, 3.8) is 0 Å². The zero-order valence-corrected chi connectivity index (χ0v) is 36.8. The molecule has 0 saturated carbocycles. The number of fused-ring (bicyclic) bond motifs is 1. The molecule has 6 rings (SSSR count). The summed E-state index contributed by atoms with van der Waals surface area (Å²) in [4.78, 5) is 2.33. The number of terminal acetylenes is 1. The van der Waals surface area contributed by atoms with Gasteiger partial charge in [-0.15, -0.1) is 29.9 Å². The lowest BCUT2D eigenvalue weighted by molar-refractivity contribution is -0.173. The van der Waals surface area contributed by atoms with E-state index < -0.39 is 6.48 Å². The number of halogens is 1. The Bertz CT molecular complexity index is 2630. The Morgan fingerprint density at radius 2 is 1.00 bits per heavy atom. The molecule has 0 aliphatic carbocycles. The van der Waals surface area contributed by atoms with E-state index in [0.717, 1.165) is 47.4 Å². The molecule has 0 saturated heterocycles. The first kappa shape index (κ1) is 41.5. The van der Waals surface area contributed by atoms with E-state index in [1.165, 1.54) is 4.90 Å². The molecular weight excluding hydrogens is 852 g/mol. The molecule has 6 heteroatoms. The van der Waals surface area contributed by atoms with E-state index in [2.05, 4.69) is 148 Å². The summed E-state index contributed by atoms with van der Waals surface area (Å²) in [6.45, 7) is 14.7. The Balaban J connectivity index is 1.25. The Kier molecular flexibility index (Phi) is 13.4. The van der Waals surface area contributed by atoms with Gasteiger partial charge in [0.2, 0.25) is 0 Å². The number of hydrogen-bond donors (Lipinski definition) is 0. The Labute approximate surface area is 360 Å². The van der Waals surface area contributed by atoms with E-state index in [1.54, 1.807) is 17.8 Å². The minimum absolute atomic E-state index is 0.0284. The lowest BCUT2D eigenvalue weighted by atomic mass is 10.0. The molecule has 1 aliphatic heterocycles. The minimum atomic E-state index is -0.865. The third kappa shape index (κ3) is 12.0. The van der Waals surface area contributed by atoms with Gasteiger partial charge in [0.1, 0.15) is 0 Å². The molecule has 1 unspecified atom stereocenters. The minimum Gasteiger partial charge on any atom is -0.427 e. The van der Waals surface area contributed by atoms with Crippen molar-refractivity contribution in [3.05, 3.63) is 151 Å². The standard InChI is InChI=1S/C51H41IO3S2/c1-9-39-23-25-41(48-47(39)54-49(55-48)53-10-2)26-24-40-27-28-44(56-50(3,4)5)33-42(40)21-19-37-15-11-13-35(31-37)17-18-36-14-12-16-38(32-36)20-22-43-34-45(29-30-46(43)52)57-51(6,7)8/h1,11-16,23,25,27-34,49H,10H2,2-8H3. The fraction of sp³-hybridized carbons (Fsp3) is 0.216. The summed E-state index contributed by atoms with van der Waals surface area (Å²) in [5, 5.41) is 0. The number of hydrogen-bond acceptors (Lipinski definition) is 5. The van der Waals surface area contributed by atoms with Crippen LogP contribution in [0.2, 0.25) is 0 Å². The van der Waals surface area contributed by atoms with Crippen LogP contribution in [0.15, 0.2) is 107 Å². The average molecular weight is 893 g/mol. The third-order valence-electron chi connectivity index (χ3n) is 7.87. The molecule has 0 fully saturated rings. The quantitative estimate of drug-likeness (QED) is 0.102. The molecule has 0 N–H and O–H groups in total. The number of rotatable bonds is 4. The number of ether oxygens (including phenoxy) is 3. The molecule has 5 aromatic rings. The molecule has 0 aromatic heterocycles. The van der Waals surface area contributed by atoms with Gasteiger partial charge in [0.05, 0.1) is 17.7 Å². The van der Waals surface area contributed by atoms with Crippen LogP contribution in [0.1, 0.15) is 98.5 Å². The maximum atomic E-state index is 5.94. The fourth-order valence-electron chi connectivity index (χ4n) is 5.51. The van der Waals surface area contributed by atoms with Crippen LogP contribution < -0.4 is 9.47 Å². The Hall–Kier alpha value is -5.11. The molecule has 282 valence electrons. The molecular formula is C51H41IO3S2. The highest BCUT2D eigenvalue weighted by Crippen LogP contribution is 2.41. The SMILES string of the molecule is C#Cc1ccc(C#Cc2ccc(SC(C)(C)C)cc2C#Cc2cccc(C#Cc3cccc(C#Cc4cc(SC(C)(C)C)ccc4I)c3)c2)c2c1OC(OCC)O2. The van der Waals surface area contributed by atoms with E-state index >= 15 is 0 Å². The van der Waals surface area contributed by atoms with Crippen molar-refractivity contribution in [1.29, 1.82) is 0 Å². The summed E-state index contributed by atoms with van der Waals surface area (Å²) in [5.41, 5.74) is 7.41. The zero-order chi connectivity index (χ0) is 40.6. The normalized spacial score (nSPS) is 12.7. The molecule has 1 atom stereocenters. The van der Waals surface area contributed by atoms with Crippen LogP contribution in [0.5, 0.6) is 11.5 Å². The topological polar surface area (TPSA) is 27.7 Å². The molecule has 1 heterocycles. The first-order valence-electron chi connectivity index (χ1n) is 18.4. The number of benzene rings is 5. The van der Waals surface area contributed by atoms with Crippen LogP contribution >= 0.6 is 46.1 Å². The molecule has 0 amide bonds. The highest BCUT2D eigenvalue weighted by molar-refractivity contribution is 14.1. The maximum Gasteiger partial charge on any atom is 0.361 e. The predicted molar refractivity (Wildman–Crippen MR) is 245 cm³/mol. The van der Waals surface area contributed by atoms with E-state index in [1.807, 2.05) is 79.3 Å². The summed E-state index contributed by atoms with van der Waals surface area (Å²) in [6, 6.07) is 32.4. The van der Waals surface area contributed by atoms with Gasteiger partial charge in [0, 0.05) is 61.8 Å². The summed E-state index contributed by atoms with van der Waals surface area (Å²) in [6.07, 6.45) is 5.73. The van der Waals surface area contributed by atoms with Crippen molar-refractivity contribution in [2.75, 3.05) is 6.61 Å². The second-order valence-electron chi connectivity index (χ2n) is 14.9. The molecule has 0 spiro atoms. The van der Waals surface area contributed by atoms with E-state index in [4.69, 9.17) is 20.6 Å². The van der Waals surface area contributed by atoms with Crippen molar-refractivity contribution in [2.45, 2.75) is 74.2 Å². The molecule has 3 nitrogen and oxygen atoms in total. The van der Waals surface area contributed by atoms with Crippen molar-refractivity contribution in [3.8, 4) is 71.2 Å². The average Bonchev–Trinajstić information content (AvgIpc) is 3.59. The van der Waals surface area contributed by atoms with Crippen LogP contribution in [0.4, 0.5) is 0 Å². The van der Waals surface area contributed by atoms with Gasteiger partial charge in [-0.05, 0) is 114 Å². The van der Waals surface area contributed by atoms with Gasteiger partial charge in [-0.25, -0.2) is 0 Å². The van der Waals surface area contributed by atoms with Gasteiger partial charge >= 0.3 is 6.48 Å². The monoisotopic (exact) mass is 892 g/mol. The number of thioether (sulfide) groups is 2. The lowest BCUT2D eigenvalue weighted by Crippen LogP contribution is -2.21. The summed E-state index contributed by atoms with van der Waals surface area (Å²) < 4.78 is 18.6. The smallest absolute Gasteiger partial charge is 0.361 e. The van der Waals surface area contributed by atoms with Gasteiger partial charge in [0.15, 0.2) is 11.5 Å². The van der Waals surface area contributed by atoms with Crippen molar-refractivity contribution < 1.29 is 14.2 Å². The Morgan fingerprint density at radius 3 is 1.54 bits per heavy atom. The summed E-state index contributed by atoms with van der Waals surface area (Å²) >= 11 is 5.98. The molecule has 57 heavy (non-hydrogen) atoms. The highest BCUT2D eigenvalue weighted by atomic mass is 127. The van der Waals surface area contributed by atoms with Gasteiger partial charge in [0.25, 0.3) is 0 Å². The fourth-order valence-corrected chi connectivity index (χ4v) is 8.02. The van der Waals surface area contributed by atoms with Crippen molar-refractivity contribution in [2.24, 2.45) is 0 Å². The van der Waals surface area contributed by atoms with Gasteiger partial charge in [-0.2, -0.15) is 0 Å². The van der Waals surface area contributed by atoms with Crippen LogP contribution in [0.3, 0.4) is 0 Å². The summed E-state index contributed by atoms with van der Waals surface area (Å²) in [7, 11) is 0. The second-order valence-corrected chi connectivity index (χ2v) is 19.8. The first-order chi connectivity index (χ1) is 27.2. The Morgan fingerprint density at radius 1 is 0.561 bits per heavy atom. The zero-order valence-electron chi connectivity index (χ0n) is 33.0.